The van der Waals surface area contributed by atoms with Crippen molar-refractivity contribution in [3.63, 3.8) is 0 Å². The summed E-state index contributed by atoms with van der Waals surface area (Å²) in [5, 5.41) is 2.94. The van der Waals surface area contributed by atoms with E-state index in [2.05, 4.69) is 5.32 Å². The topological polar surface area (TPSA) is 119 Å². The smallest absolute Gasteiger partial charge is 0.408 e. The van der Waals surface area contributed by atoms with Gasteiger partial charge in [0.1, 0.15) is 18.2 Å². The minimum atomic E-state index is -4.05. The Morgan fingerprint density at radius 1 is 1.05 bits per heavy atom. The van der Waals surface area contributed by atoms with E-state index in [9.17, 15) is 22.8 Å². The number of sulfone groups is 1. The third kappa shape index (κ3) is 8.30. The number of Topliss-reactive ketones (excluding diaryl/α,β-unsaturated/α-hetero) is 1. The minimum Gasteiger partial charge on any atom is -0.444 e. The molecular formula is C30H37ClN2O7S. The fourth-order valence-electron chi connectivity index (χ4n) is 5.10. The van der Waals surface area contributed by atoms with E-state index >= 15 is 0 Å². The quantitative estimate of drug-likeness (QED) is 0.404. The molecule has 4 rings (SSSR count). The van der Waals surface area contributed by atoms with Gasteiger partial charge in [-0.2, -0.15) is 0 Å². The number of nitrogens with zero attached hydrogens (tertiary/aromatic N) is 1. The number of ketones is 1. The average molecular weight is 605 g/mol. The normalized spacial score (nSPS) is 19.3. The first kappa shape index (κ1) is 31.0. The molecule has 1 atom stereocenters. The number of carbonyl (C=O) groups excluding carboxylic acids is 3. The van der Waals surface area contributed by atoms with Gasteiger partial charge in [-0.1, -0.05) is 43.0 Å². The van der Waals surface area contributed by atoms with Crippen molar-refractivity contribution >= 4 is 44.9 Å². The molecule has 0 bridgehead atoms. The number of halogens is 1. The van der Waals surface area contributed by atoms with Crippen LogP contribution in [0.1, 0.15) is 68.8 Å². The van der Waals surface area contributed by atoms with Gasteiger partial charge < -0.3 is 19.7 Å². The van der Waals surface area contributed by atoms with E-state index in [1.165, 1.54) is 42.4 Å². The summed E-state index contributed by atoms with van der Waals surface area (Å²) in [5.41, 5.74) is 0.125. The minimum absolute atomic E-state index is 0.0131. The molecular weight excluding hydrogens is 568 g/mol. The lowest BCUT2D eigenvalue weighted by molar-refractivity contribution is -0.120. The van der Waals surface area contributed by atoms with Gasteiger partial charge in [-0.05, 0) is 75.4 Å². The molecule has 41 heavy (non-hydrogen) atoms. The number of ether oxygens (including phenoxy) is 2. The predicted molar refractivity (Wildman–Crippen MR) is 156 cm³/mol. The van der Waals surface area contributed by atoms with Crippen molar-refractivity contribution in [3.05, 3.63) is 58.6 Å². The van der Waals surface area contributed by atoms with Crippen LogP contribution in [0.25, 0.3) is 0 Å². The zero-order chi connectivity index (χ0) is 29.8. The van der Waals surface area contributed by atoms with E-state index in [1.807, 2.05) is 0 Å². The van der Waals surface area contributed by atoms with E-state index in [-0.39, 0.29) is 35.1 Å². The molecule has 2 aliphatic rings. The van der Waals surface area contributed by atoms with Crippen LogP contribution in [0.2, 0.25) is 5.02 Å². The van der Waals surface area contributed by atoms with E-state index in [4.69, 9.17) is 21.1 Å². The summed E-state index contributed by atoms with van der Waals surface area (Å²) in [7, 11) is -4.05. The van der Waals surface area contributed by atoms with Gasteiger partial charge in [0.05, 0.1) is 29.5 Å². The molecule has 2 amide bonds. The summed E-state index contributed by atoms with van der Waals surface area (Å²) in [4.78, 5) is 40.7. The second-order valence-corrected chi connectivity index (χ2v) is 14.1. The molecule has 0 radical (unpaired) electrons. The molecule has 1 aliphatic carbocycles. The van der Waals surface area contributed by atoms with Crippen LogP contribution in [0.4, 0.5) is 10.5 Å². The van der Waals surface area contributed by atoms with Crippen molar-refractivity contribution in [2.75, 3.05) is 23.9 Å². The number of benzene rings is 2. The number of rotatable bonds is 8. The van der Waals surface area contributed by atoms with Crippen LogP contribution in [-0.2, 0) is 30.7 Å². The number of carbonyl (C=O) groups is 3. The molecule has 9 nitrogen and oxygen atoms in total. The Bertz CT molecular complexity index is 1380. The first-order valence-corrected chi connectivity index (χ1v) is 15.9. The van der Waals surface area contributed by atoms with Crippen LogP contribution >= 0.6 is 11.6 Å². The molecule has 1 saturated carbocycles. The van der Waals surface area contributed by atoms with Gasteiger partial charge in [0.25, 0.3) is 5.91 Å². The maximum absolute atomic E-state index is 13.9. The highest BCUT2D eigenvalue weighted by Gasteiger charge is 2.39. The molecule has 2 aromatic carbocycles. The van der Waals surface area contributed by atoms with Crippen LogP contribution in [0.5, 0.6) is 0 Å². The molecule has 2 aromatic rings. The monoisotopic (exact) mass is 604 g/mol. The largest absolute Gasteiger partial charge is 0.444 e. The van der Waals surface area contributed by atoms with Crippen molar-refractivity contribution in [2.24, 2.45) is 5.92 Å². The molecule has 0 aromatic heterocycles. The fourth-order valence-corrected chi connectivity index (χ4v) is 6.83. The molecule has 0 spiro atoms. The van der Waals surface area contributed by atoms with E-state index in [0.29, 0.717) is 23.1 Å². The number of hydrogen-bond acceptors (Lipinski definition) is 7. The third-order valence-corrected chi connectivity index (χ3v) is 9.15. The predicted octanol–water partition coefficient (Wildman–Crippen LogP) is 5.33. The zero-order valence-electron chi connectivity index (χ0n) is 23.7. The highest BCUT2D eigenvalue weighted by molar-refractivity contribution is 7.91. The SMILES string of the molecule is CC(C)(C)OC(=O)N[C@H]1CS(=O)(=O)c2ccc(C(=O)COCC3CCCCC3)cc2N(Cc2ccc(Cl)cc2)C1=O. The van der Waals surface area contributed by atoms with E-state index in [1.54, 1.807) is 45.0 Å². The Kier molecular flexibility index (Phi) is 9.77. The van der Waals surface area contributed by atoms with Crippen molar-refractivity contribution < 1.29 is 32.3 Å². The van der Waals surface area contributed by atoms with Gasteiger partial charge in [0, 0.05) is 10.6 Å². The molecule has 0 saturated heterocycles. The lowest BCUT2D eigenvalue weighted by atomic mass is 9.90. The van der Waals surface area contributed by atoms with Crippen LogP contribution in [0.15, 0.2) is 47.4 Å². The lowest BCUT2D eigenvalue weighted by Crippen LogP contribution is -2.51. The van der Waals surface area contributed by atoms with Crippen molar-refractivity contribution in [2.45, 2.75) is 76.0 Å². The first-order valence-electron chi connectivity index (χ1n) is 13.9. The van der Waals surface area contributed by atoms with Crippen LogP contribution in [0, 0.1) is 5.92 Å². The van der Waals surface area contributed by atoms with Gasteiger partial charge in [-0.3, -0.25) is 9.59 Å². The van der Waals surface area contributed by atoms with Crippen LogP contribution in [0.3, 0.4) is 0 Å². The molecule has 0 unspecified atom stereocenters. The summed E-state index contributed by atoms with van der Waals surface area (Å²) < 4.78 is 38.0. The van der Waals surface area contributed by atoms with Crippen molar-refractivity contribution in [1.82, 2.24) is 5.32 Å². The highest BCUT2D eigenvalue weighted by Crippen LogP contribution is 2.33. The summed E-state index contributed by atoms with van der Waals surface area (Å²) in [6.07, 6.45) is 4.84. The Labute approximate surface area is 246 Å². The van der Waals surface area contributed by atoms with Gasteiger partial charge in [0.2, 0.25) is 0 Å². The van der Waals surface area contributed by atoms with Gasteiger partial charge >= 0.3 is 6.09 Å². The van der Waals surface area contributed by atoms with Crippen LogP contribution in [-0.4, -0.2) is 56.8 Å². The Hall–Kier alpha value is -2.95. The molecule has 11 heteroatoms. The fraction of sp³-hybridized carbons (Fsp3) is 0.500. The van der Waals surface area contributed by atoms with Crippen molar-refractivity contribution in [1.29, 1.82) is 0 Å². The molecule has 1 heterocycles. The zero-order valence-corrected chi connectivity index (χ0v) is 25.2. The van der Waals surface area contributed by atoms with Crippen LogP contribution < -0.4 is 10.2 Å². The number of fused-ring (bicyclic) bond motifs is 1. The summed E-state index contributed by atoms with van der Waals surface area (Å²) in [6, 6.07) is 9.56. The van der Waals surface area contributed by atoms with Gasteiger partial charge in [0.15, 0.2) is 15.6 Å². The molecule has 1 aliphatic heterocycles. The maximum Gasteiger partial charge on any atom is 0.408 e. The van der Waals surface area contributed by atoms with Gasteiger partial charge in [-0.25, -0.2) is 13.2 Å². The second kappa shape index (κ2) is 12.9. The van der Waals surface area contributed by atoms with Crippen molar-refractivity contribution in [3.8, 4) is 0 Å². The summed E-state index contributed by atoms with van der Waals surface area (Å²) in [5.74, 6) is -1.18. The number of amides is 2. The van der Waals surface area contributed by atoms with E-state index in [0.717, 1.165) is 12.8 Å². The Balaban J connectivity index is 1.64. The Morgan fingerprint density at radius 2 is 1.73 bits per heavy atom. The van der Waals surface area contributed by atoms with Gasteiger partial charge in [-0.15, -0.1) is 0 Å². The third-order valence-electron chi connectivity index (χ3n) is 7.11. The highest BCUT2D eigenvalue weighted by atomic mass is 35.5. The molecule has 1 N–H and O–H groups in total. The summed E-state index contributed by atoms with van der Waals surface area (Å²) >= 11 is 6.04. The van der Waals surface area contributed by atoms with E-state index < -0.39 is 39.2 Å². The number of alkyl carbamates (subject to hydrolysis) is 1. The standard InChI is InChI=1S/C30H37ClN2O7S/c1-30(2,3)40-29(36)32-24-19-41(37,38)27-14-11-22(26(34)18-39-17-21-7-5-4-6-8-21)15-25(27)33(28(24)35)16-20-9-12-23(31)13-10-20/h9-15,21,24H,4-8,16-19H2,1-3H3,(H,32,36)/t24-/m0/s1. The number of nitrogens with one attached hydrogen (secondary N) is 1. The number of hydrogen-bond donors (Lipinski definition) is 1. The second-order valence-electron chi connectivity index (χ2n) is 11.7. The number of anilines is 1. The lowest BCUT2D eigenvalue weighted by Gasteiger charge is -2.27. The average Bonchev–Trinajstić information content (AvgIpc) is 2.97. The summed E-state index contributed by atoms with van der Waals surface area (Å²) in [6.45, 7) is 5.34. The molecule has 222 valence electrons. The maximum atomic E-state index is 13.9. The Morgan fingerprint density at radius 3 is 2.39 bits per heavy atom. The molecule has 1 fully saturated rings. The first-order chi connectivity index (χ1) is 19.3.